The number of benzene rings is 7. The van der Waals surface area contributed by atoms with E-state index in [0.29, 0.717) is 23.3 Å². The summed E-state index contributed by atoms with van der Waals surface area (Å²) >= 11 is 0. The molecule has 0 saturated carbocycles. The number of amides is 3. The van der Waals surface area contributed by atoms with Crippen LogP contribution in [0.4, 0.5) is 0 Å². The van der Waals surface area contributed by atoms with Crippen LogP contribution in [-0.2, 0) is 60.9 Å². The van der Waals surface area contributed by atoms with Crippen molar-refractivity contribution in [2.24, 2.45) is 11.8 Å². The Morgan fingerprint density at radius 3 is 1.66 bits per heavy atom. The number of aryl methyl sites for hydroxylation is 1. The summed E-state index contributed by atoms with van der Waals surface area (Å²) in [6.07, 6.45) is 0.125. The van der Waals surface area contributed by atoms with Gasteiger partial charge in [-0.05, 0) is 100 Å². The van der Waals surface area contributed by atoms with Gasteiger partial charge in [-0.15, -0.1) is 0 Å². The van der Waals surface area contributed by atoms with Gasteiger partial charge in [-0.2, -0.15) is 0 Å². The summed E-state index contributed by atoms with van der Waals surface area (Å²) in [6.45, 7) is -0.339. The number of aliphatic carboxylic acids is 1. The highest BCUT2D eigenvalue weighted by atomic mass is 16.5. The summed E-state index contributed by atoms with van der Waals surface area (Å²) in [6, 6.07) is 53.6. The molecule has 9 rings (SSSR count). The van der Waals surface area contributed by atoms with Crippen LogP contribution >= 0.6 is 0 Å². The molecule has 12 nitrogen and oxygen atoms in total. The van der Waals surface area contributed by atoms with Crippen LogP contribution in [0.3, 0.4) is 0 Å². The van der Waals surface area contributed by atoms with E-state index in [1.165, 1.54) is 12.1 Å². The van der Waals surface area contributed by atoms with Crippen molar-refractivity contribution in [3.05, 3.63) is 216 Å². The van der Waals surface area contributed by atoms with Gasteiger partial charge in [0, 0.05) is 37.5 Å². The number of carbonyl (C=O) groups is 6. The highest BCUT2D eigenvalue weighted by Crippen LogP contribution is 2.25. The van der Waals surface area contributed by atoms with Crippen molar-refractivity contribution in [2.45, 2.75) is 69.5 Å². The van der Waals surface area contributed by atoms with Crippen molar-refractivity contribution >= 4 is 35.3 Å². The van der Waals surface area contributed by atoms with Gasteiger partial charge in [-0.1, -0.05) is 164 Å². The first-order valence-corrected chi connectivity index (χ1v) is 24.9. The molecule has 2 bridgehead atoms. The second kappa shape index (κ2) is 25.1. The summed E-state index contributed by atoms with van der Waals surface area (Å²) in [5.74, 6) is -5.56. The summed E-state index contributed by atoms with van der Waals surface area (Å²) in [5, 5.41) is 28.7. The van der Waals surface area contributed by atoms with Gasteiger partial charge in [-0.3, -0.25) is 24.0 Å². The molecule has 0 fully saturated rings. The maximum absolute atomic E-state index is 14.9. The fourth-order valence-corrected chi connectivity index (χ4v) is 9.25. The largest absolute Gasteiger partial charge is 0.508 e. The highest BCUT2D eigenvalue weighted by Gasteiger charge is 2.34. The number of rotatable bonds is 14. The van der Waals surface area contributed by atoms with Gasteiger partial charge in [0.15, 0.2) is 11.6 Å². The Morgan fingerprint density at radius 2 is 1.08 bits per heavy atom. The number of carboxylic acid groups (broad SMARTS) is 1. The number of hydrogen-bond donors (Lipinski definition) is 5. The summed E-state index contributed by atoms with van der Waals surface area (Å²) in [5.41, 5.74) is 7.62. The van der Waals surface area contributed by atoms with Gasteiger partial charge >= 0.3 is 5.97 Å². The molecular weight excluding hydrogens is 931 g/mol. The van der Waals surface area contributed by atoms with Crippen molar-refractivity contribution in [3.8, 4) is 33.8 Å². The molecule has 7 aromatic carbocycles. The fraction of sp³-hybridized carbons (Fsp3) is 0.226. The lowest BCUT2D eigenvalue weighted by Gasteiger charge is -2.26. The average Bonchev–Trinajstić information content (AvgIpc) is 3.42. The van der Waals surface area contributed by atoms with E-state index < -0.39 is 59.4 Å². The third kappa shape index (κ3) is 14.7. The number of carboxylic acids is 1. The van der Waals surface area contributed by atoms with Crippen molar-refractivity contribution in [3.63, 3.8) is 0 Å². The van der Waals surface area contributed by atoms with E-state index in [4.69, 9.17) is 4.74 Å². The van der Waals surface area contributed by atoms with Crippen LogP contribution in [0.1, 0.15) is 47.1 Å². The van der Waals surface area contributed by atoms with E-state index in [-0.39, 0.29) is 63.1 Å². The zero-order chi connectivity index (χ0) is 51.8. The second-order valence-electron chi connectivity index (χ2n) is 18.9. The zero-order valence-electron chi connectivity index (χ0n) is 40.9. The molecule has 12 heteroatoms. The predicted octanol–water partition coefficient (Wildman–Crippen LogP) is 8.71. The summed E-state index contributed by atoms with van der Waals surface area (Å²) in [7, 11) is 0. The Hall–Kier alpha value is -8.64. The number of ether oxygens (including phenoxy) is 1. The molecule has 0 saturated heterocycles. The first-order chi connectivity index (χ1) is 35.9. The van der Waals surface area contributed by atoms with Crippen LogP contribution in [0.2, 0.25) is 0 Å². The smallest absolute Gasteiger partial charge is 0.326 e. The third-order valence-electron chi connectivity index (χ3n) is 13.4. The van der Waals surface area contributed by atoms with E-state index in [0.717, 1.165) is 38.9 Å². The quantitative estimate of drug-likeness (QED) is 0.0710. The number of phenolic OH excluding ortho intramolecular Hbond substituents is 1. The minimum absolute atomic E-state index is 0.00398. The van der Waals surface area contributed by atoms with Crippen LogP contribution in [0.15, 0.2) is 188 Å². The number of hydrogen-bond acceptors (Lipinski definition) is 8. The molecule has 2 aliphatic heterocycles. The standard InChI is InChI=1S/C62H59N3O9/c66-52-29-20-45(21-30-52)37-57(62(72)73)65-60(70)51-35-43-22-31-54(32-23-43)74-40-53(67)38-50(34-42-16-25-48(26-17-42)46-12-6-2-7-13-46)59(69)64-56(36-44-18-27-49(28-19-44)47-14-8-3-9-15-47)61(71)63-55(58(68)39-51)33-24-41-10-4-1-5-11-41/h1-23,25-32,50-51,55-57,66H,24,33-40H2,(H,63,71)(H,64,69)(H,65,70)(H,72,73)/t50-,51-,55+,56-,57+/m1/s1. The number of nitrogens with one attached hydrogen (secondary N) is 3. The first kappa shape index (κ1) is 51.7. The van der Waals surface area contributed by atoms with E-state index in [1.54, 1.807) is 36.4 Å². The zero-order valence-corrected chi connectivity index (χ0v) is 40.9. The summed E-state index contributed by atoms with van der Waals surface area (Å²) < 4.78 is 5.95. The molecule has 0 aromatic heterocycles. The molecule has 3 amide bonds. The molecule has 0 unspecified atom stereocenters. The van der Waals surface area contributed by atoms with E-state index >= 15 is 0 Å². The average molecular weight is 990 g/mol. The number of aromatic hydroxyl groups is 1. The molecule has 2 heterocycles. The van der Waals surface area contributed by atoms with Crippen LogP contribution in [0.25, 0.3) is 22.3 Å². The number of carbonyl (C=O) groups excluding carboxylic acids is 5. The van der Waals surface area contributed by atoms with Crippen molar-refractivity contribution in [1.82, 2.24) is 16.0 Å². The monoisotopic (exact) mass is 989 g/mol. The maximum Gasteiger partial charge on any atom is 0.326 e. The minimum atomic E-state index is -1.37. The molecular formula is C62H59N3O9. The lowest BCUT2D eigenvalue weighted by atomic mass is 9.89. The minimum Gasteiger partial charge on any atom is -0.508 e. The second-order valence-corrected chi connectivity index (χ2v) is 18.9. The van der Waals surface area contributed by atoms with Gasteiger partial charge < -0.3 is 30.9 Å². The Labute approximate surface area is 430 Å². The highest BCUT2D eigenvalue weighted by molar-refractivity contribution is 5.96. The van der Waals surface area contributed by atoms with Gasteiger partial charge in [0.05, 0.1) is 6.04 Å². The van der Waals surface area contributed by atoms with Crippen LogP contribution in [-0.4, -0.2) is 70.2 Å². The fourth-order valence-electron chi connectivity index (χ4n) is 9.25. The number of phenols is 1. The van der Waals surface area contributed by atoms with Crippen LogP contribution in [0, 0.1) is 11.8 Å². The van der Waals surface area contributed by atoms with Crippen molar-refractivity contribution in [2.75, 3.05) is 6.61 Å². The van der Waals surface area contributed by atoms with E-state index in [2.05, 4.69) is 16.0 Å². The Balaban J connectivity index is 1.12. The number of Topliss-reactive ketones (excluding diaryl/α,β-unsaturated/α-hetero) is 2. The van der Waals surface area contributed by atoms with Crippen LogP contribution < -0.4 is 20.7 Å². The Kier molecular flexibility index (Phi) is 17.6. The molecule has 376 valence electrons. The van der Waals surface area contributed by atoms with Crippen molar-refractivity contribution in [1.29, 1.82) is 0 Å². The van der Waals surface area contributed by atoms with Crippen molar-refractivity contribution < 1.29 is 43.7 Å². The number of fused-ring (bicyclic) bond motifs is 16. The molecule has 74 heavy (non-hydrogen) atoms. The van der Waals surface area contributed by atoms with E-state index in [9.17, 15) is 39.0 Å². The van der Waals surface area contributed by atoms with Gasteiger partial charge in [-0.25, -0.2) is 4.79 Å². The normalized spacial score (nSPS) is 18.1. The summed E-state index contributed by atoms with van der Waals surface area (Å²) in [4.78, 5) is 85.3. The molecule has 2 aliphatic rings. The molecule has 5 atom stereocenters. The van der Waals surface area contributed by atoms with Crippen LogP contribution in [0.5, 0.6) is 11.5 Å². The lowest BCUT2D eigenvalue weighted by molar-refractivity contribution is -0.142. The third-order valence-corrected chi connectivity index (χ3v) is 13.4. The lowest BCUT2D eigenvalue weighted by Crippen LogP contribution is -2.54. The molecule has 7 aromatic rings. The Morgan fingerprint density at radius 1 is 0.554 bits per heavy atom. The molecule has 0 radical (unpaired) electrons. The maximum atomic E-state index is 14.9. The van der Waals surface area contributed by atoms with Gasteiger partial charge in [0.25, 0.3) is 0 Å². The van der Waals surface area contributed by atoms with Gasteiger partial charge in [0.1, 0.15) is 30.2 Å². The Bertz CT molecular complexity index is 3000. The van der Waals surface area contributed by atoms with Gasteiger partial charge in [0.2, 0.25) is 17.7 Å². The predicted molar refractivity (Wildman–Crippen MR) is 283 cm³/mol. The van der Waals surface area contributed by atoms with E-state index in [1.807, 2.05) is 140 Å². The first-order valence-electron chi connectivity index (χ1n) is 24.9. The molecule has 5 N–H and O–H groups in total. The SMILES string of the molecule is O=C1COc2ccc(cc2)C[C@@H](C(=O)N[C@@H](Cc2ccc(O)cc2)C(=O)O)CC(=O)[C@H](CCc2ccccc2)NC(=O)[C@@H](Cc2ccc(-c3ccccc3)cc2)NC(=O)[C@H](Cc2ccc(-c3ccccc3)cc2)C1. The topological polar surface area (TPSA) is 188 Å². The number of ketones is 2. The molecule has 0 aliphatic carbocycles. The molecule has 0 spiro atoms.